The standard InChI is InChI=1S/2C16H16N2O2.2CH2Cl2.2Co.2N3/c2*19-15-7-3-1-5-13(15)11-17-9-10-18-12-14-6-2-4-8-16(14)20;2*2-1-3;;;2*1-3-2/h2*1-8,11-12,19-20H,9-10H2;2*1H2;;;;/q;;;;2*+3;2*-1/p-4. The Morgan fingerprint density at radius 2 is 0.556 bits per heavy atom. The van der Waals surface area contributed by atoms with Crippen LogP contribution < -0.4 is 20.4 Å². The van der Waals surface area contributed by atoms with Crippen LogP contribution in [-0.4, -0.2) is 61.7 Å². The van der Waals surface area contributed by atoms with Crippen LogP contribution in [0.2, 0.25) is 0 Å². The van der Waals surface area contributed by atoms with Gasteiger partial charge in [-0.3, -0.25) is 29.8 Å². The van der Waals surface area contributed by atoms with E-state index in [1.165, 1.54) is 34.1 Å². The third kappa shape index (κ3) is 31.1. The summed E-state index contributed by atoms with van der Waals surface area (Å²) in [4.78, 5) is 19.6. The first-order valence-electron chi connectivity index (χ1n) is 14.4. The summed E-state index contributed by atoms with van der Waals surface area (Å²) in [7, 11) is 0. The van der Waals surface area contributed by atoms with Gasteiger partial charge < -0.3 is 42.6 Å². The van der Waals surface area contributed by atoms with Crippen LogP contribution in [0, 0.1) is 0 Å². The first kappa shape index (κ1) is 56.3. The molecule has 0 saturated heterocycles. The number of para-hydroxylation sites is 4. The fraction of sp³-hybridized carbons (Fsp3) is 0.176. The zero-order valence-electron chi connectivity index (χ0n) is 28.1. The third-order valence-corrected chi connectivity index (χ3v) is 5.31. The Kier molecular flexibility index (Phi) is 43.1. The van der Waals surface area contributed by atoms with E-state index in [0.29, 0.717) is 48.4 Å². The topological polar surface area (TPSA) is 259 Å². The molecule has 0 radical (unpaired) electrons. The van der Waals surface area contributed by atoms with Crippen LogP contribution >= 0.6 is 46.4 Å². The largest absolute Gasteiger partial charge is 3.00 e. The van der Waals surface area contributed by atoms with Crippen LogP contribution in [0.3, 0.4) is 0 Å². The molecule has 0 aliphatic heterocycles. The van der Waals surface area contributed by atoms with E-state index in [1.54, 1.807) is 97.7 Å². The number of rotatable bonds is 10. The number of halogens is 4. The molecule has 4 aromatic rings. The Bertz CT molecular complexity index is 1490. The summed E-state index contributed by atoms with van der Waals surface area (Å²) < 4.78 is 0. The number of hydrogen-bond donors (Lipinski definition) is 0. The average Bonchev–Trinajstić information content (AvgIpc) is 3.12. The Hall–Kier alpha value is -4.45. The van der Waals surface area contributed by atoms with Gasteiger partial charge in [0.25, 0.3) is 0 Å². The predicted molar refractivity (Wildman–Crippen MR) is 207 cm³/mol. The third-order valence-electron chi connectivity index (χ3n) is 5.31. The normalized spacial score (nSPS) is 9.41. The molecule has 0 unspecified atom stereocenters. The summed E-state index contributed by atoms with van der Waals surface area (Å²) in [5, 5.41) is 46.0. The van der Waals surface area contributed by atoms with Gasteiger partial charge in [-0.25, -0.2) is 0 Å². The zero-order valence-corrected chi connectivity index (χ0v) is 33.2. The first-order valence-corrected chi connectivity index (χ1v) is 16.6. The van der Waals surface area contributed by atoms with Crippen molar-refractivity contribution in [3.8, 4) is 23.0 Å². The summed E-state index contributed by atoms with van der Waals surface area (Å²) in [6, 6.07) is 26.9. The van der Waals surface area contributed by atoms with E-state index >= 15 is 0 Å². The molecule has 0 saturated carbocycles. The molecule has 0 heterocycles. The molecule has 0 aliphatic carbocycles. The van der Waals surface area contributed by atoms with Gasteiger partial charge in [0.15, 0.2) is 0 Å². The molecule has 0 aliphatic rings. The molecule has 0 spiro atoms. The van der Waals surface area contributed by atoms with Crippen LogP contribution in [0.4, 0.5) is 0 Å². The van der Waals surface area contributed by atoms with Gasteiger partial charge in [-0.15, -0.1) is 69.4 Å². The summed E-state index contributed by atoms with van der Waals surface area (Å²) in [6.45, 7) is 1.91. The number of hydrogen-bond acceptors (Lipinski definition) is 8. The van der Waals surface area contributed by atoms with Gasteiger partial charge in [0, 0.05) is 24.9 Å². The molecule has 0 fully saturated rings. The summed E-state index contributed by atoms with van der Waals surface area (Å²) >= 11 is 19.1. The van der Waals surface area contributed by atoms with Crippen LogP contribution in [-0.2, 0) is 33.6 Å². The van der Waals surface area contributed by atoms with Crippen molar-refractivity contribution in [3.63, 3.8) is 0 Å². The molecule has 0 bridgehead atoms. The Morgan fingerprint density at radius 1 is 0.407 bits per heavy atom. The van der Waals surface area contributed by atoms with E-state index in [-0.39, 0.29) is 67.2 Å². The second-order valence-corrected chi connectivity index (χ2v) is 10.3. The molecular weight excluding hydrogens is 872 g/mol. The van der Waals surface area contributed by atoms with Crippen molar-refractivity contribution < 1.29 is 54.0 Å². The minimum Gasteiger partial charge on any atom is -0.872 e. The fourth-order valence-electron chi connectivity index (χ4n) is 3.23. The number of nitrogens with zero attached hydrogens (tertiary/aromatic N) is 10. The molecule has 288 valence electrons. The van der Waals surface area contributed by atoms with Gasteiger partial charge in [-0.05, 0) is 22.3 Å². The molecular formula is C34H32Cl4Co2N10O4. The van der Waals surface area contributed by atoms with Gasteiger partial charge in [0.05, 0.1) is 36.9 Å². The molecule has 54 heavy (non-hydrogen) atoms. The van der Waals surface area contributed by atoms with E-state index < -0.39 is 0 Å². The molecule has 0 N–H and O–H groups in total. The number of benzene rings is 4. The molecule has 0 amide bonds. The van der Waals surface area contributed by atoms with Crippen molar-refractivity contribution in [2.45, 2.75) is 0 Å². The van der Waals surface area contributed by atoms with Crippen LogP contribution in [0.1, 0.15) is 22.3 Å². The zero-order chi connectivity index (χ0) is 39.2. The summed E-state index contributed by atoms with van der Waals surface area (Å²) in [5.74, 6) is -0.167. The van der Waals surface area contributed by atoms with Crippen molar-refractivity contribution in [3.05, 3.63) is 151 Å². The molecule has 14 nitrogen and oxygen atoms in total. The van der Waals surface area contributed by atoms with E-state index in [4.69, 9.17) is 68.5 Å². The minimum absolute atomic E-state index is 0. The second kappa shape index (κ2) is 41.3. The molecule has 20 heteroatoms. The van der Waals surface area contributed by atoms with E-state index in [9.17, 15) is 20.4 Å². The maximum atomic E-state index is 11.4. The molecule has 4 rings (SSSR count). The van der Waals surface area contributed by atoms with Crippen molar-refractivity contribution in [2.75, 3.05) is 36.9 Å². The maximum Gasteiger partial charge on any atom is 3.00 e. The molecule has 4 aromatic carbocycles. The monoisotopic (exact) mass is 902 g/mol. The summed E-state index contributed by atoms with van der Waals surface area (Å²) in [6.07, 6.45) is 6.22. The second-order valence-electron chi connectivity index (χ2n) is 8.67. The number of alkyl halides is 4. The Labute approximate surface area is 354 Å². The molecule has 0 aromatic heterocycles. The first-order chi connectivity index (χ1) is 25.2. The Morgan fingerprint density at radius 3 is 0.704 bits per heavy atom. The van der Waals surface area contributed by atoms with E-state index in [1.807, 2.05) is 0 Å². The maximum absolute atomic E-state index is 11.4. The predicted octanol–water partition coefficient (Wildman–Crippen LogP) is 7.31. The summed E-state index contributed by atoms with van der Waals surface area (Å²) in [5.41, 5.74) is 29.3. The van der Waals surface area contributed by atoms with Crippen molar-refractivity contribution in [1.29, 1.82) is 0 Å². The van der Waals surface area contributed by atoms with Gasteiger partial charge >= 0.3 is 33.6 Å². The quantitative estimate of drug-likeness (QED) is 0.0396. The molecule has 0 atom stereocenters. The van der Waals surface area contributed by atoms with Crippen LogP contribution in [0.15, 0.2) is 117 Å². The van der Waals surface area contributed by atoms with Crippen molar-refractivity contribution in [2.24, 2.45) is 20.0 Å². The van der Waals surface area contributed by atoms with Gasteiger partial charge in [-0.2, -0.15) is 0 Å². The Balaban J connectivity index is -0.000000348. The van der Waals surface area contributed by atoms with Gasteiger partial charge in [-0.1, -0.05) is 97.1 Å². The fourth-order valence-corrected chi connectivity index (χ4v) is 3.23. The average molecular weight is 904 g/mol. The van der Waals surface area contributed by atoms with Gasteiger partial charge in [0.2, 0.25) is 0 Å². The van der Waals surface area contributed by atoms with Crippen LogP contribution in [0.5, 0.6) is 23.0 Å². The number of aliphatic imine (C=N–C) groups is 4. The van der Waals surface area contributed by atoms with E-state index in [2.05, 4.69) is 20.0 Å². The van der Waals surface area contributed by atoms with Crippen molar-refractivity contribution in [1.82, 2.24) is 0 Å². The van der Waals surface area contributed by atoms with Gasteiger partial charge in [0.1, 0.15) is 0 Å². The minimum atomic E-state index is -0.0416. The van der Waals surface area contributed by atoms with Crippen LogP contribution in [0.25, 0.3) is 31.9 Å². The van der Waals surface area contributed by atoms with Crippen molar-refractivity contribution >= 4 is 71.3 Å². The SMILES string of the molecule is ClCCl.ClCCl.[Co+3].[Co+3].[N-]=[N+]=[N-].[N-]=[N+]=[N-].[O-]c1ccccc1C=NCCN=Cc1ccccc1[O-].[O-]c1ccccc1C=NCCN=Cc1ccccc1[O-]. The smallest absolute Gasteiger partial charge is 0.872 e. The van der Waals surface area contributed by atoms with E-state index in [0.717, 1.165) is 0 Å².